The molecule has 2 rings (SSSR count). The Labute approximate surface area is 101 Å². The largest absolute Gasteiger partial charge is 0.449 e. The molecule has 4 nitrogen and oxygen atoms in total. The highest BCUT2D eigenvalue weighted by Crippen LogP contribution is 2.29. The molecule has 5 heteroatoms. The van der Waals surface area contributed by atoms with Gasteiger partial charge < -0.3 is 15.2 Å². The molecule has 0 bridgehead atoms. The number of hydrogen-bond donors (Lipinski definition) is 1. The molecule has 0 aromatic heterocycles. The van der Waals surface area contributed by atoms with E-state index in [1.165, 1.54) is 0 Å². The number of benzene rings is 1. The Morgan fingerprint density at radius 3 is 2.62 bits per heavy atom. The van der Waals surface area contributed by atoms with Crippen LogP contribution in [0.5, 0.6) is 5.75 Å². The zero-order valence-corrected chi connectivity index (χ0v) is 10.1. The van der Waals surface area contributed by atoms with Crippen molar-refractivity contribution in [2.75, 3.05) is 6.54 Å². The van der Waals surface area contributed by atoms with Gasteiger partial charge in [0.1, 0.15) is 12.3 Å². The maximum absolute atomic E-state index is 11.5. The van der Waals surface area contributed by atoms with Gasteiger partial charge in [0.25, 0.3) is 0 Å². The number of para-hydroxylation sites is 1. The van der Waals surface area contributed by atoms with Crippen LogP contribution in [-0.2, 0) is 9.53 Å². The van der Waals surface area contributed by atoms with E-state index in [4.69, 9.17) is 9.47 Å². The van der Waals surface area contributed by atoms with E-state index in [0.29, 0.717) is 16.8 Å². The van der Waals surface area contributed by atoms with Crippen LogP contribution in [0.15, 0.2) is 40.6 Å². The third-order valence-electron chi connectivity index (χ3n) is 2.16. The first kappa shape index (κ1) is 11.2. The zero-order valence-electron chi connectivity index (χ0n) is 8.48. The topological polar surface area (TPSA) is 63.2 Å². The molecule has 1 unspecified atom stereocenters. The molecule has 0 fully saturated rings. The molecule has 0 amide bonds. The summed E-state index contributed by atoms with van der Waals surface area (Å²) in [6.07, 6.45) is -0.328. The van der Waals surface area contributed by atoms with Crippen LogP contribution < -0.4 is 10.5 Å². The molecule has 1 aliphatic rings. The minimum atomic E-state index is -0.454. The van der Waals surface area contributed by atoms with Gasteiger partial charge in [-0.2, -0.15) is 0 Å². The Kier molecular flexibility index (Phi) is 3.26. The average Bonchev–Trinajstić information content (AvgIpc) is 2.58. The number of halogens is 1. The first-order valence-corrected chi connectivity index (χ1v) is 5.64. The third kappa shape index (κ3) is 2.10. The molecule has 1 atom stereocenters. The first-order chi connectivity index (χ1) is 7.72. The van der Waals surface area contributed by atoms with Gasteiger partial charge in [-0.15, -0.1) is 0 Å². The SMILES string of the molecule is [NH3+]CC1OC(=O)C(Oc2ccccc2)=C1Br. The van der Waals surface area contributed by atoms with Crippen LogP contribution in [0.4, 0.5) is 0 Å². The van der Waals surface area contributed by atoms with E-state index in [9.17, 15) is 4.79 Å². The van der Waals surface area contributed by atoms with Crippen molar-refractivity contribution >= 4 is 21.9 Å². The number of hydrogen-bond acceptors (Lipinski definition) is 3. The van der Waals surface area contributed by atoms with E-state index < -0.39 is 5.97 Å². The molecule has 16 heavy (non-hydrogen) atoms. The maximum atomic E-state index is 11.5. The Balaban J connectivity index is 2.21. The summed E-state index contributed by atoms with van der Waals surface area (Å²) in [5.74, 6) is 0.361. The zero-order chi connectivity index (χ0) is 11.5. The van der Waals surface area contributed by atoms with Crippen molar-refractivity contribution in [3.05, 3.63) is 40.6 Å². The lowest BCUT2D eigenvalue weighted by Gasteiger charge is -2.03. The second-order valence-electron chi connectivity index (χ2n) is 3.27. The average molecular weight is 285 g/mol. The smallest absolute Gasteiger partial charge is 0.376 e. The van der Waals surface area contributed by atoms with Crippen molar-refractivity contribution in [2.45, 2.75) is 6.10 Å². The van der Waals surface area contributed by atoms with Crippen LogP contribution >= 0.6 is 15.9 Å². The van der Waals surface area contributed by atoms with Crippen molar-refractivity contribution in [1.82, 2.24) is 0 Å². The fourth-order valence-corrected chi connectivity index (χ4v) is 1.93. The summed E-state index contributed by atoms with van der Waals surface area (Å²) in [5.41, 5.74) is 3.70. The van der Waals surface area contributed by atoms with Gasteiger partial charge >= 0.3 is 5.97 Å². The van der Waals surface area contributed by atoms with Crippen molar-refractivity contribution in [2.24, 2.45) is 0 Å². The molecular formula is C11H11BrNO3+. The van der Waals surface area contributed by atoms with Gasteiger partial charge in [0.05, 0.1) is 4.48 Å². The third-order valence-corrected chi connectivity index (χ3v) is 3.03. The summed E-state index contributed by atoms with van der Waals surface area (Å²) in [6, 6.07) is 9.10. The maximum Gasteiger partial charge on any atom is 0.376 e. The molecule has 0 aliphatic carbocycles. The summed E-state index contributed by atoms with van der Waals surface area (Å²) in [7, 11) is 0. The van der Waals surface area contributed by atoms with Gasteiger partial charge in [-0.1, -0.05) is 18.2 Å². The lowest BCUT2D eigenvalue weighted by molar-refractivity contribution is -0.379. The molecule has 84 valence electrons. The molecule has 0 spiro atoms. The van der Waals surface area contributed by atoms with Crippen LogP contribution in [-0.4, -0.2) is 18.6 Å². The second kappa shape index (κ2) is 4.67. The summed E-state index contributed by atoms with van der Waals surface area (Å²) >= 11 is 3.30. The Hall–Kier alpha value is -1.33. The van der Waals surface area contributed by atoms with Gasteiger partial charge in [-0.05, 0) is 28.1 Å². The van der Waals surface area contributed by atoms with E-state index in [1.807, 2.05) is 18.2 Å². The van der Waals surface area contributed by atoms with Gasteiger partial charge in [-0.25, -0.2) is 4.79 Å². The van der Waals surface area contributed by atoms with Crippen LogP contribution in [0.3, 0.4) is 0 Å². The molecule has 1 aliphatic heterocycles. The number of ether oxygens (including phenoxy) is 2. The molecular weight excluding hydrogens is 274 g/mol. The predicted octanol–water partition coefficient (Wildman–Crippen LogP) is 0.839. The highest BCUT2D eigenvalue weighted by Gasteiger charge is 2.35. The van der Waals surface area contributed by atoms with E-state index in [0.717, 1.165) is 0 Å². The van der Waals surface area contributed by atoms with Gasteiger partial charge in [-0.3, -0.25) is 0 Å². The van der Waals surface area contributed by atoms with E-state index in [2.05, 4.69) is 21.7 Å². The Bertz CT molecular complexity index is 430. The Morgan fingerprint density at radius 1 is 1.38 bits per heavy atom. The van der Waals surface area contributed by atoms with Crippen molar-refractivity contribution in [3.63, 3.8) is 0 Å². The normalized spacial score (nSPS) is 19.9. The molecule has 1 aromatic carbocycles. The lowest BCUT2D eigenvalue weighted by Crippen LogP contribution is -2.55. The van der Waals surface area contributed by atoms with E-state index >= 15 is 0 Å². The molecule has 0 saturated heterocycles. The summed E-state index contributed by atoms with van der Waals surface area (Å²) in [5, 5.41) is 0. The fourth-order valence-electron chi connectivity index (χ4n) is 1.36. The summed E-state index contributed by atoms with van der Waals surface area (Å²) < 4.78 is 11.1. The van der Waals surface area contributed by atoms with Crippen LogP contribution in [0, 0.1) is 0 Å². The first-order valence-electron chi connectivity index (χ1n) is 4.85. The second-order valence-corrected chi connectivity index (χ2v) is 4.13. The quantitative estimate of drug-likeness (QED) is 0.837. The number of cyclic esters (lactones) is 1. The van der Waals surface area contributed by atoms with Gasteiger partial charge in [0.2, 0.25) is 5.76 Å². The summed E-state index contributed by atoms with van der Waals surface area (Å²) in [6.45, 7) is 0.480. The van der Waals surface area contributed by atoms with Crippen molar-refractivity contribution < 1.29 is 20.0 Å². The van der Waals surface area contributed by atoms with Crippen LogP contribution in [0.25, 0.3) is 0 Å². The van der Waals surface area contributed by atoms with E-state index in [-0.39, 0.29) is 11.9 Å². The number of rotatable bonds is 3. The van der Waals surface area contributed by atoms with Crippen LogP contribution in [0.2, 0.25) is 0 Å². The number of carbonyl (C=O) groups excluding carboxylic acids is 1. The summed E-state index contributed by atoms with van der Waals surface area (Å²) in [4.78, 5) is 11.5. The van der Waals surface area contributed by atoms with E-state index in [1.54, 1.807) is 12.1 Å². The highest BCUT2D eigenvalue weighted by molar-refractivity contribution is 9.11. The molecule has 1 heterocycles. The molecule has 1 aromatic rings. The van der Waals surface area contributed by atoms with Crippen molar-refractivity contribution in [1.29, 1.82) is 0 Å². The number of carbonyl (C=O) groups is 1. The molecule has 0 saturated carbocycles. The number of quaternary nitrogens is 1. The highest BCUT2D eigenvalue weighted by atomic mass is 79.9. The minimum Gasteiger partial charge on any atom is -0.449 e. The molecule has 0 radical (unpaired) electrons. The van der Waals surface area contributed by atoms with Crippen LogP contribution in [0.1, 0.15) is 0 Å². The van der Waals surface area contributed by atoms with Gasteiger partial charge in [0, 0.05) is 0 Å². The number of esters is 1. The lowest BCUT2D eigenvalue weighted by atomic mass is 10.3. The van der Waals surface area contributed by atoms with Crippen molar-refractivity contribution in [3.8, 4) is 5.75 Å². The Morgan fingerprint density at radius 2 is 2.06 bits per heavy atom. The standard InChI is InChI=1S/C11H10BrNO3/c12-9-8(6-13)16-11(14)10(9)15-7-4-2-1-3-5-7/h1-5,8H,6,13H2/p+1. The fraction of sp³-hybridized carbons (Fsp3) is 0.182. The monoisotopic (exact) mass is 284 g/mol. The minimum absolute atomic E-state index is 0.208. The van der Waals surface area contributed by atoms with Gasteiger partial charge in [0.15, 0.2) is 6.10 Å². The molecule has 3 N–H and O–H groups in total. The predicted molar refractivity (Wildman–Crippen MR) is 60.7 cm³/mol.